The van der Waals surface area contributed by atoms with Gasteiger partial charge in [-0.25, -0.2) is 0 Å². The molecule has 0 saturated heterocycles. The highest BCUT2D eigenvalue weighted by molar-refractivity contribution is 14.0. The van der Waals surface area contributed by atoms with Crippen molar-refractivity contribution in [2.75, 3.05) is 26.1 Å². The molecule has 0 aliphatic heterocycles. The van der Waals surface area contributed by atoms with Crippen LogP contribution in [-0.2, 0) is 0 Å². The number of benzene rings is 1. The maximum atomic E-state index is 5.67. The molecule has 0 saturated carbocycles. The number of nitrogens with two attached hydrogens (primary N) is 1. The fourth-order valence-electron chi connectivity index (χ4n) is 1.26. The van der Waals surface area contributed by atoms with Gasteiger partial charge in [0.15, 0.2) is 5.96 Å². The van der Waals surface area contributed by atoms with Crippen LogP contribution in [0, 0.1) is 0 Å². The van der Waals surface area contributed by atoms with E-state index >= 15 is 0 Å². The smallest absolute Gasteiger partial charge is 0.193 e. The molecule has 96 valence electrons. The lowest BCUT2D eigenvalue weighted by atomic mass is 10.2. The number of anilines is 1. The van der Waals surface area contributed by atoms with Crippen LogP contribution in [0.25, 0.3) is 0 Å². The van der Waals surface area contributed by atoms with Gasteiger partial charge in [-0.05, 0) is 19.1 Å². The Morgan fingerprint density at radius 2 is 2.06 bits per heavy atom. The molecule has 0 aliphatic rings. The van der Waals surface area contributed by atoms with E-state index in [0.717, 1.165) is 11.4 Å². The fourth-order valence-corrected chi connectivity index (χ4v) is 1.26. The van der Waals surface area contributed by atoms with E-state index in [4.69, 9.17) is 15.2 Å². The standard InChI is InChI=1S/C11H17N3O2.HI/c1-4-13-11(12)14-9-7-8(15-2)5-6-10(9)16-3;/h5-7H,4H2,1-3H3,(H3,12,13,14);1H. The van der Waals surface area contributed by atoms with E-state index < -0.39 is 0 Å². The van der Waals surface area contributed by atoms with Crippen LogP contribution in [0.15, 0.2) is 23.2 Å². The number of methoxy groups -OCH3 is 2. The van der Waals surface area contributed by atoms with Crippen LogP contribution in [0.1, 0.15) is 6.92 Å². The van der Waals surface area contributed by atoms with E-state index in [1.54, 1.807) is 26.4 Å². The Kier molecular flexibility index (Phi) is 7.44. The summed E-state index contributed by atoms with van der Waals surface area (Å²) >= 11 is 0. The summed E-state index contributed by atoms with van der Waals surface area (Å²) in [5, 5.41) is 2.96. The first-order valence-corrected chi connectivity index (χ1v) is 5.00. The normalized spacial score (nSPS) is 10.4. The topological polar surface area (TPSA) is 68.9 Å². The predicted octanol–water partition coefficient (Wildman–Crippen LogP) is 2.07. The van der Waals surface area contributed by atoms with Gasteiger partial charge in [0.25, 0.3) is 0 Å². The molecule has 0 unspecified atom stereocenters. The summed E-state index contributed by atoms with van der Waals surface area (Å²) in [5.41, 5.74) is 6.41. The van der Waals surface area contributed by atoms with Crippen LogP contribution in [0.5, 0.6) is 11.5 Å². The molecule has 0 heterocycles. The van der Waals surface area contributed by atoms with E-state index in [0.29, 0.717) is 18.3 Å². The lowest BCUT2D eigenvalue weighted by Crippen LogP contribution is -2.23. The van der Waals surface area contributed by atoms with E-state index in [1.165, 1.54) is 0 Å². The highest BCUT2D eigenvalue weighted by atomic mass is 127. The summed E-state index contributed by atoms with van der Waals surface area (Å²) in [7, 11) is 3.20. The molecule has 1 aromatic carbocycles. The summed E-state index contributed by atoms with van der Waals surface area (Å²) < 4.78 is 10.3. The van der Waals surface area contributed by atoms with Crippen molar-refractivity contribution in [3.63, 3.8) is 0 Å². The minimum absolute atomic E-state index is 0. The van der Waals surface area contributed by atoms with Crippen LogP contribution in [-0.4, -0.2) is 26.7 Å². The Bertz CT molecular complexity index is 383. The molecule has 0 aliphatic carbocycles. The minimum Gasteiger partial charge on any atom is -0.497 e. The van der Waals surface area contributed by atoms with Gasteiger partial charge in [-0.3, -0.25) is 4.99 Å². The maximum absolute atomic E-state index is 5.67. The first-order valence-electron chi connectivity index (χ1n) is 5.00. The molecular formula is C11H18IN3O2. The maximum Gasteiger partial charge on any atom is 0.193 e. The monoisotopic (exact) mass is 351 g/mol. The second kappa shape index (κ2) is 7.99. The van der Waals surface area contributed by atoms with Gasteiger partial charge in [-0.1, -0.05) is 0 Å². The second-order valence-electron chi connectivity index (χ2n) is 3.05. The lowest BCUT2D eigenvalue weighted by molar-refractivity contribution is 0.405. The van der Waals surface area contributed by atoms with Crippen LogP contribution in [0.2, 0.25) is 0 Å². The van der Waals surface area contributed by atoms with Gasteiger partial charge in [0.05, 0.1) is 19.9 Å². The minimum atomic E-state index is 0. The Labute approximate surface area is 118 Å². The molecule has 0 atom stereocenters. The summed E-state index contributed by atoms with van der Waals surface area (Å²) in [6.07, 6.45) is 0. The van der Waals surface area contributed by atoms with Crippen LogP contribution < -0.4 is 20.5 Å². The van der Waals surface area contributed by atoms with Crippen molar-refractivity contribution in [1.82, 2.24) is 0 Å². The Balaban J connectivity index is 0.00000256. The van der Waals surface area contributed by atoms with Crippen LogP contribution in [0.4, 0.5) is 5.69 Å². The molecular weight excluding hydrogens is 333 g/mol. The number of nitrogens with zero attached hydrogens (tertiary/aromatic N) is 1. The zero-order chi connectivity index (χ0) is 12.0. The summed E-state index contributed by atoms with van der Waals surface area (Å²) in [6.45, 7) is 2.54. The van der Waals surface area contributed by atoms with Gasteiger partial charge >= 0.3 is 0 Å². The van der Waals surface area contributed by atoms with Gasteiger partial charge in [0, 0.05) is 12.6 Å². The number of hydrogen-bond donors (Lipinski definition) is 2. The van der Waals surface area contributed by atoms with Gasteiger partial charge in [-0.2, -0.15) is 0 Å². The third-order valence-electron chi connectivity index (χ3n) is 2.00. The Hall–Kier alpha value is -1.18. The number of rotatable bonds is 4. The molecule has 5 nitrogen and oxygen atoms in total. The van der Waals surface area contributed by atoms with Crippen LogP contribution in [0.3, 0.4) is 0 Å². The number of aliphatic imine (C=N–C) groups is 1. The quantitative estimate of drug-likeness (QED) is 0.495. The van der Waals surface area contributed by atoms with Crippen molar-refractivity contribution >= 4 is 35.6 Å². The van der Waals surface area contributed by atoms with Crippen molar-refractivity contribution in [2.45, 2.75) is 6.92 Å². The van der Waals surface area contributed by atoms with Crippen molar-refractivity contribution in [1.29, 1.82) is 0 Å². The molecule has 0 aromatic heterocycles. The Morgan fingerprint density at radius 1 is 1.35 bits per heavy atom. The zero-order valence-electron chi connectivity index (χ0n) is 10.2. The number of ether oxygens (including phenoxy) is 2. The first-order chi connectivity index (χ1) is 7.71. The summed E-state index contributed by atoms with van der Waals surface area (Å²) in [6, 6.07) is 5.43. The van der Waals surface area contributed by atoms with Crippen molar-refractivity contribution < 1.29 is 9.47 Å². The fraction of sp³-hybridized carbons (Fsp3) is 0.364. The van der Waals surface area contributed by atoms with Crippen molar-refractivity contribution in [2.24, 2.45) is 10.7 Å². The summed E-state index contributed by atoms with van der Waals surface area (Å²) in [5.74, 6) is 1.77. The molecule has 0 fully saturated rings. The SMILES string of the molecule is CCN=C(N)Nc1cc(OC)ccc1OC.I. The Morgan fingerprint density at radius 3 is 2.59 bits per heavy atom. The van der Waals surface area contributed by atoms with Gasteiger partial charge in [-0.15, -0.1) is 24.0 Å². The van der Waals surface area contributed by atoms with Crippen molar-refractivity contribution in [3.8, 4) is 11.5 Å². The number of halogens is 1. The third kappa shape index (κ3) is 4.68. The molecule has 17 heavy (non-hydrogen) atoms. The molecule has 0 spiro atoms. The third-order valence-corrected chi connectivity index (χ3v) is 2.00. The number of nitrogens with one attached hydrogen (secondary N) is 1. The van der Waals surface area contributed by atoms with E-state index in [-0.39, 0.29) is 24.0 Å². The molecule has 0 amide bonds. The van der Waals surface area contributed by atoms with Gasteiger partial charge < -0.3 is 20.5 Å². The second-order valence-corrected chi connectivity index (χ2v) is 3.05. The molecule has 0 bridgehead atoms. The predicted molar refractivity (Wildman–Crippen MR) is 80.7 cm³/mol. The number of hydrogen-bond acceptors (Lipinski definition) is 3. The van der Waals surface area contributed by atoms with E-state index in [9.17, 15) is 0 Å². The molecule has 1 aromatic rings. The molecule has 6 heteroatoms. The molecule has 1 rings (SSSR count). The van der Waals surface area contributed by atoms with Crippen LogP contribution >= 0.6 is 24.0 Å². The number of guanidine groups is 1. The average Bonchev–Trinajstić information content (AvgIpc) is 2.29. The lowest BCUT2D eigenvalue weighted by Gasteiger charge is -2.11. The molecule has 0 radical (unpaired) electrons. The average molecular weight is 351 g/mol. The molecule has 3 N–H and O–H groups in total. The van der Waals surface area contributed by atoms with Crippen molar-refractivity contribution in [3.05, 3.63) is 18.2 Å². The highest BCUT2D eigenvalue weighted by Crippen LogP contribution is 2.28. The van der Waals surface area contributed by atoms with Gasteiger partial charge in [0.2, 0.25) is 0 Å². The van der Waals surface area contributed by atoms with E-state index in [1.807, 2.05) is 13.0 Å². The van der Waals surface area contributed by atoms with Gasteiger partial charge in [0.1, 0.15) is 11.5 Å². The zero-order valence-corrected chi connectivity index (χ0v) is 12.5. The first kappa shape index (κ1) is 15.8. The largest absolute Gasteiger partial charge is 0.497 e. The highest BCUT2D eigenvalue weighted by Gasteiger charge is 2.05. The summed E-state index contributed by atoms with van der Waals surface area (Å²) in [4.78, 5) is 4.04. The van der Waals surface area contributed by atoms with E-state index in [2.05, 4.69) is 10.3 Å².